The van der Waals surface area contributed by atoms with E-state index in [0.29, 0.717) is 0 Å². The van der Waals surface area contributed by atoms with Gasteiger partial charge in [-0.25, -0.2) is 9.97 Å². The van der Waals surface area contributed by atoms with Gasteiger partial charge < -0.3 is 9.80 Å². The largest absolute Gasteiger partial charge is 0.310 e. The van der Waals surface area contributed by atoms with Crippen LogP contribution in [0.5, 0.6) is 0 Å². The summed E-state index contributed by atoms with van der Waals surface area (Å²) in [6.07, 6.45) is 0. The minimum atomic E-state index is -0.128. The quantitative estimate of drug-likeness (QED) is 0.115. The topological polar surface area (TPSA) is 38.7 Å². The number of aromatic nitrogens is 2. The number of pyridine rings is 2. The molecule has 12 aromatic carbocycles. The summed E-state index contributed by atoms with van der Waals surface area (Å²) < 4.78 is 0. The fourth-order valence-corrected chi connectivity index (χ4v) is 14.0. The fourth-order valence-electron chi connectivity index (χ4n) is 14.0. The Morgan fingerprint density at radius 2 is 0.511 bits per heavy atom. The van der Waals surface area contributed by atoms with Crippen molar-refractivity contribution in [3.8, 4) is 33.4 Å². The molecule has 0 amide bonds. The summed E-state index contributed by atoms with van der Waals surface area (Å²) in [5, 5.41) is 2.19. The maximum Gasteiger partial charge on any atom is 0.138 e. The molecule has 0 atom stereocenters. The van der Waals surface area contributed by atoms with Gasteiger partial charge in [0.25, 0.3) is 0 Å². The molecule has 0 radical (unpaired) electrons. The molecule has 430 valence electrons. The molecule has 14 aromatic rings. The minimum absolute atomic E-state index is 0.128. The van der Waals surface area contributed by atoms with E-state index in [4.69, 9.17) is 9.97 Å². The molecule has 6 nitrogen and oxygen atoms in total. The smallest absolute Gasteiger partial charge is 0.138 e. The van der Waals surface area contributed by atoms with Gasteiger partial charge in [0.2, 0.25) is 0 Å². The zero-order chi connectivity index (χ0) is 60.5. The number of benzene rings is 12. The van der Waals surface area contributed by atoms with Crippen molar-refractivity contribution < 1.29 is 0 Å². The molecule has 0 saturated carbocycles. The van der Waals surface area contributed by atoms with Crippen LogP contribution in [-0.4, -0.2) is 9.97 Å². The Morgan fingerprint density at radius 3 is 0.900 bits per heavy atom. The maximum atomic E-state index is 5.29. The molecule has 0 spiro atoms. The molecule has 0 bridgehead atoms. The van der Waals surface area contributed by atoms with Crippen molar-refractivity contribution in [2.75, 3.05) is 19.6 Å². The Labute approximate surface area is 526 Å². The van der Waals surface area contributed by atoms with Crippen LogP contribution in [-0.2, 0) is 10.8 Å². The zero-order valence-corrected chi connectivity index (χ0v) is 50.7. The molecule has 2 heterocycles. The molecule has 2 aliphatic carbocycles. The first-order valence-corrected chi connectivity index (χ1v) is 31.0. The van der Waals surface area contributed by atoms with Crippen molar-refractivity contribution in [1.82, 2.24) is 9.97 Å². The van der Waals surface area contributed by atoms with Gasteiger partial charge in [-0.15, -0.1) is 0 Å². The van der Waals surface area contributed by atoms with E-state index in [2.05, 4.69) is 363 Å². The average Bonchev–Trinajstić information content (AvgIpc) is 1.64. The summed E-state index contributed by atoms with van der Waals surface area (Å²) in [6, 6.07) is 114. The van der Waals surface area contributed by atoms with Crippen LogP contribution in [0.4, 0.5) is 68.5 Å². The van der Waals surface area contributed by atoms with Crippen LogP contribution in [0, 0.1) is 0 Å². The van der Waals surface area contributed by atoms with Crippen LogP contribution in [0.15, 0.2) is 315 Å². The number of fused-ring (bicyclic) bond motifs is 8. The molecule has 0 fully saturated rings. The Bertz CT molecular complexity index is 4680. The lowest BCUT2D eigenvalue weighted by Crippen LogP contribution is -2.16. The molecule has 0 saturated heterocycles. The molecular weight excluding hydrogens is 1090 g/mol. The van der Waals surface area contributed by atoms with Crippen molar-refractivity contribution >= 4 is 90.3 Å². The summed E-state index contributed by atoms with van der Waals surface area (Å²) in [5.41, 5.74) is 25.0. The van der Waals surface area contributed by atoms with E-state index >= 15 is 0 Å². The molecule has 6 heteroatoms. The van der Waals surface area contributed by atoms with Gasteiger partial charge in [0, 0.05) is 78.5 Å². The van der Waals surface area contributed by atoms with Crippen molar-refractivity contribution in [3.05, 3.63) is 338 Å². The number of nitrogens with zero attached hydrogens (tertiary/aromatic N) is 6. The van der Waals surface area contributed by atoms with E-state index in [1.807, 2.05) is 0 Å². The lowest BCUT2D eigenvalue weighted by molar-refractivity contribution is 0.660. The van der Waals surface area contributed by atoms with Crippen LogP contribution >= 0.6 is 0 Å². The first-order valence-electron chi connectivity index (χ1n) is 31.0. The number of hydrogen-bond acceptors (Lipinski definition) is 6. The first kappa shape index (κ1) is 54.1. The highest BCUT2D eigenvalue weighted by molar-refractivity contribution is 5.91. The lowest BCUT2D eigenvalue weighted by atomic mass is 9.82. The van der Waals surface area contributed by atoms with Crippen LogP contribution in [0.3, 0.4) is 0 Å². The monoisotopic (exact) mass is 1160 g/mol. The van der Waals surface area contributed by atoms with Gasteiger partial charge in [-0.3, -0.25) is 9.80 Å². The summed E-state index contributed by atoms with van der Waals surface area (Å²) in [7, 11) is 0. The van der Waals surface area contributed by atoms with Gasteiger partial charge in [-0.05, 0) is 213 Å². The Kier molecular flexibility index (Phi) is 13.1. The molecule has 0 unspecified atom stereocenters. The lowest BCUT2D eigenvalue weighted by Gasteiger charge is -2.29. The van der Waals surface area contributed by atoms with E-state index < -0.39 is 0 Å². The highest BCUT2D eigenvalue weighted by atomic mass is 15.2. The minimum Gasteiger partial charge on any atom is -0.310 e. The van der Waals surface area contributed by atoms with E-state index in [-0.39, 0.29) is 10.8 Å². The van der Waals surface area contributed by atoms with Crippen molar-refractivity contribution in [2.45, 2.75) is 38.5 Å². The summed E-state index contributed by atoms with van der Waals surface area (Å²) >= 11 is 0. The van der Waals surface area contributed by atoms with E-state index in [1.165, 1.54) is 44.5 Å². The molecule has 0 N–H and O–H groups in total. The van der Waals surface area contributed by atoms with Crippen LogP contribution in [0.1, 0.15) is 49.9 Å². The van der Waals surface area contributed by atoms with Gasteiger partial charge in [0.05, 0.1) is 11.0 Å². The van der Waals surface area contributed by atoms with Crippen molar-refractivity contribution in [3.63, 3.8) is 0 Å². The zero-order valence-electron chi connectivity index (χ0n) is 50.7. The Morgan fingerprint density at radius 1 is 0.222 bits per heavy atom. The molecule has 16 rings (SSSR count). The Balaban J connectivity index is 0.727. The highest BCUT2D eigenvalue weighted by Crippen LogP contribution is 2.53. The third-order valence-electron chi connectivity index (χ3n) is 18.6. The van der Waals surface area contributed by atoms with Gasteiger partial charge in [0.15, 0.2) is 0 Å². The summed E-state index contributed by atoms with van der Waals surface area (Å²) in [5.74, 6) is 1.67. The first-order chi connectivity index (χ1) is 44.1. The number of anilines is 12. The second-order valence-electron chi connectivity index (χ2n) is 24.7. The Hall–Kier alpha value is -11.3. The van der Waals surface area contributed by atoms with Crippen molar-refractivity contribution in [2.24, 2.45) is 0 Å². The van der Waals surface area contributed by atoms with E-state index in [0.717, 1.165) is 101 Å². The second-order valence-corrected chi connectivity index (χ2v) is 24.7. The van der Waals surface area contributed by atoms with E-state index in [1.54, 1.807) is 0 Å². The predicted octanol–water partition coefficient (Wildman–Crippen LogP) is 22.9. The fraction of sp³-hybridized carbons (Fsp3) is 0.0714. The normalized spacial score (nSPS) is 13.1. The molecule has 0 aliphatic heterocycles. The SMILES string of the molecule is CC1(C)c2ccccc2-c2ccc(N(c3ccccc3)c3ccc(N(c4ccc(-c5ccc(N(c6ccc(N(c7ccccc7)c7ccc8c(c7)C(C)(C)c7ccccc7-8)cc6)c6ccc7ccccc7n6)cc5)cc4)c4ccc5ccccc5n4)cc3)cc21. The standard InChI is InChI=1S/C84H64N6/c1-83(2)75-27-15-13-25-71(75)73-51-49-69(55-77(73)83)87(61-21-7-5-8-22-61)63-41-45-67(46-42-63)89(81-53-35-59-19-11-17-29-79(59)85-81)65-37-31-57(32-38-65)58-33-39-66(40-34-58)90(82-54-36-60-20-12-18-30-80(60)86-82)68-47-43-64(44-48-68)88(62-23-9-6-10-24-62)70-50-52-74-72-26-14-16-28-76(72)84(3,4)78(74)56-70/h5-56H,1-4H3. The predicted molar refractivity (Wildman–Crippen MR) is 376 cm³/mol. The van der Waals surface area contributed by atoms with Gasteiger partial charge >= 0.3 is 0 Å². The van der Waals surface area contributed by atoms with Crippen LogP contribution in [0.2, 0.25) is 0 Å². The van der Waals surface area contributed by atoms with Gasteiger partial charge in [-0.1, -0.05) is 185 Å². The third-order valence-corrected chi connectivity index (χ3v) is 18.6. The van der Waals surface area contributed by atoms with E-state index in [9.17, 15) is 0 Å². The number of rotatable bonds is 13. The van der Waals surface area contributed by atoms with Crippen molar-refractivity contribution in [1.29, 1.82) is 0 Å². The third kappa shape index (κ3) is 9.35. The number of para-hydroxylation sites is 4. The summed E-state index contributed by atoms with van der Waals surface area (Å²) in [4.78, 5) is 19.8. The average molecular weight is 1160 g/mol. The number of hydrogen-bond donors (Lipinski definition) is 0. The van der Waals surface area contributed by atoms with Gasteiger partial charge in [0.1, 0.15) is 11.6 Å². The molecule has 2 aromatic heterocycles. The second kappa shape index (κ2) is 21.8. The van der Waals surface area contributed by atoms with Crippen LogP contribution < -0.4 is 19.6 Å². The van der Waals surface area contributed by atoms with Gasteiger partial charge in [-0.2, -0.15) is 0 Å². The molecule has 90 heavy (non-hydrogen) atoms. The van der Waals surface area contributed by atoms with Crippen LogP contribution in [0.25, 0.3) is 55.2 Å². The molecule has 2 aliphatic rings. The maximum absolute atomic E-state index is 5.29. The summed E-state index contributed by atoms with van der Waals surface area (Å²) in [6.45, 7) is 9.38. The molecular formula is C84H64N6. The highest BCUT2D eigenvalue weighted by Gasteiger charge is 2.37.